The molecule has 0 radical (unpaired) electrons. The number of carboxylic acid groups (broad SMARTS) is 1. The average molecular weight is 261 g/mol. The van der Waals surface area contributed by atoms with Crippen molar-refractivity contribution in [3.05, 3.63) is 36.0 Å². The molecule has 0 fully saturated rings. The molecule has 0 bridgehead atoms. The second-order valence-electron chi connectivity index (χ2n) is 4.52. The number of rotatable bonds is 7. The largest absolute Gasteiger partial charge is 0.478 e. The van der Waals surface area contributed by atoms with E-state index in [1.165, 1.54) is 0 Å². The minimum Gasteiger partial charge on any atom is -0.478 e. The van der Waals surface area contributed by atoms with E-state index in [2.05, 4.69) is 6.92 Å². The molecule has 0 spiro atoms. The first-order valence-electron chi connectivity index (χ1n) is 6.63. The maximum absolute atomic E-state index is 11.1. The molecule has 0 atom stereocenters. The van der Waals surface area contributed by atoms with E-state index >= 15 is 0 Å². The van der Waals surface area contributed by atoms with Gasteiger partial charge in [0.1, 0.15) is 0 Å². The van der Waals surface area contributed by atoms with Gasteiger partial charge < -0.3 is 14.4 Å². The molecule has 0 amide bonds. The number of carboxylic acids is 1. The minimum atomic E-state index is -0.887. The third-order valence-corrected chi connectivity index (χ3v) is 3.16. The van der Waals surface area contributed by atoms with Gasteiger partial charge in [0, 0.05) is 30.3 Å². The number of hydrogen-bond donors (Lipinski definition) is 1. The van der Waals surface area contributed by atoms with Gasteiger partial charge in [0.05, 0.1) is 12.2 Å². The van der Waals surface area contributed by atoms with Crippen LogP contribution in [0.25, 0.3) is 10.9 Å². The van der Waals surface area contributed by atoms with Crippen LogP contribution in [0, 0.1) is 0 Å². The molecular weight excluding hydrogens is 242 g/mol. The van der Waals surface area contributed by atoms with E-state index in [0.29, 0.717) is 12.2 Å². The summed E-state index contributed by atoms with van der Waals surface area (Å²) >= 11 is 0. The fourth-order valence-electron chi connectivity index (χ4n) is 2.12. The Balaban J connectivity index is 2.08. The van der Waals surface area contributed by atoms with E-state index in [0.717, 1.165) is 36.9 Å². The molecule has 102 valence electrons. The standard InChI is InChI=1S/C15H19NO3/c1-2-3-10-19-11-9-16-8-7-12-13(15(17)18)5-4-6-14(12)16/h4-8H,2-3,9-11H2,1H3,(H,17,18). The van der Waals surface area contributed by atoms with Crippen molar-refractivity contribution in [3.8, 4) is 0 Å². The predicted octanol–water partition coefficient (Wildman–Crippen LogP) is 3.16. The van der Waals surface area contributed by atoms with E-state index in [1.54, 1.807) is 12.1 Å². The zero-order chi connectivity index (χ0) is 13.7. The zero-order valence-corrected chi connectivity index (χ0v) is 11.1. The SMILES string of the molecule is CCCCOCCn1ccc2c(C(=O)O)cccc21. The van der Waals surface area contributed by atoms with E-state index < -0.39 is 5.97 Å². The second-order valence-corrected chi connectivity index (χ2v) is 4.52. The van der Waals surface area contributed by atoms with Gasteiger partial charge in [0.25, 0.3) is 0 Å². The number of aromatic carboxylic acids is 1. The van der Waals surface area contributed by atoms with Gasteiger partial charge in [0.2, 0.25) is 0 Å². The molecule has 0 aliphatic rings. The van der Waals surface area contributed by atoms with Gasteiger partial charge in [-0.25, -0.2) is 4.79 Å². The lowest BCUT2D eigenvalue weighted by Crippen LogP contribution is -2.06. The summed E-state index contributed by atoms with van der Waals surface area (Å²) in [4.78, 5) is 11.1. The number of unbranched alkanes of at least 4 members (excludes halogenated alkanes) is 1. The van der Waals surface area contributed by atoms with Gasteiger partial charge in [-0.05, 0) is 24.6 Å². The van der Waals surface area contributed by atoms with Crippen LogP contribution in [0.3, 0.4) is 0 Å². The first-order valence-corrected chi connectivity index (χ1v) is 6.63. The molecule has 1 heterocycles. The summed E-state index contributed by atoms with van der Waals surface area (Å²) in [5, 5.41) is 9.91. The van der Waals surface area contributed by atoms with Crippen LogP contribution in [-0.4, -0.2) is 28.9 Å². The highest BCUT2D eigenvalue weighted by molar-refractivity contribution is 6.02. The molecule has 1 aromatic heterocycles. The van der Waals surface area contributed by atoms with Gasteiger partial charge in [-0.3, -0.25) is 0 Å². The molecule has 0 unspecified atom stereocenters. The van der Waals surface area contributed by atoms with Crippen LogP contribution in [0.15, 0.2) is 30.5 Å². The summed E-state index contributed by atoms with van der Waals surface area (Å²) in [7, 11) is 0. The molecule has 19 heavy (non-hydrogen) atoms. The molecule has 0 aliphatic heterocycles. The fraction of sp³-hybridized carbons (Fsp3) is 0.400. The Morgan fingerprint density at radius 2 is 2.16 bits per heavy atom. The van der Waals surface area contributed by atoms with Crippen LogP contribution in [0.5, 0.6) is 0 Å². The van der Waals surface area contributed by atoms with Crippen LogP contribution in [-0.2, 0) is 11.3 Å². The average Bonchev–Trinajstić information content (AvgIpc) is 2.81. The van der Waals surface area contributed by atoms with Crippen molar-refractivity contribution in [3.63, 3.8) is 0 Å². The lowest BCUT2D eigenvalue weighted by Gasteiger charge is -2.07. The highest BCUT2D eigenvalue weighted by Crippen LogP contribution is 2.20. The molecule has 0 saturated heterocycles. The first-order chi connectivity index (χ1) is 9.24. The van der Waals surface area contributed by atoms with Crippen LogP contribution in [0.2, 0.25) is 0 Å². The Bertz CT molecular complexity index is 560. The topological polar surface area (TPSA) is 51.5 Å². The Kier molecular flexibility index (Phi) is 4.58. The van der Waals surface area contributed by atoms with E-state index in [-0.39, 0.29) is 0 Å². The van der Waals surface area contributed by atoms with Crippen LogP contribution >= 0.6 is 0 Å². The first kappa shape index (κ1) is 13.6. The number of ether oxygens (including phenoxy) is 1. The molecule has 2 aromatic rings. The normalized spacial score (nSPS) is 11.0. The smallest absolute Gasteiger partial charge is 0.336 e. The third-order valence-electron chi connectivity index (χ3n) is 3.16. The maximum atomic E-state index is 11.1. The number of hydrogen-bond acceptors (Lipinski definition) is 2. The van der Waals surface area contributed by atoms with Crippen LogP contribution in [0.1, 0.15) is 30.1 Å². The van der Waals surface area contributed by atoms with Crippen molar-refractivity contribution >= 4 is 16.9 Å². The highest BCUT2D eigenvalue weighted by Gasteiger charge is 2.10. The quantitative estimate of drug-likeness (QED) is 0.779. The lowest BCUT2D eigenvalue weighted by molar-refractivity contribution is 0.0699. The predicted molar refractivity (Wildman–Crippen MR) is 74.6 cm³/mol. The van der Waals surface area contributed by atoms with Crippen LogP contribution < -0.4 is 0 Å². The third kappa shape index (κ3) is 3.15. The van der Waals surface area contributed by atoms with Crippen LogP contribution in [0.4, 0.5) is 0 Å². The second kappa shape index (κ2) is 6.38. The molecular formula is C15H19NO3. The number of carbonyl (C=O) groups is 1. The number of benzene rings is 1. The van der Waals surface area contributed by atoms with Crippen molar-refractivity contribution < 1.29 is 14.6 Å². The zero-order valence-electron chi connectivity index (χ0n) is 11.1. The monoisotopic (exact) mass is 261 g/mol. The van der Waals surface area contributed by atoms with Crippen molar-refractivity contribution in [2.45, 2.75) is 26.3 Å². The fourth-order valence-corrected chi connectivity index (χ4v) is 2.12. The summed E-state index contributed by atoms with van der Waals surface area (Å²) in [5.74, 6) is -0.887. The van der Waals surface area contributed by atoms with E-state index in [1.807, 2.05) is 22.9 Å². The Hall–Kier alpha value is -1.81. The van der Waals surface area contributed by atoms with Gasteiger partial charge >= 0.3 is 5.97 Å². The van der Waals surface area contributed by atoms with Crippen molar-refractivity contribution in [1.82, 2.24) is 4.57 Å². The molecule has 0 aliphatic carbocycles. The van der Waals surface area contributed by atoms with Gasteiger partial charge in [-0.1, -0.05) is 19.4 Å². The van der Waals surface area contributed by atoms with Gasteiger partial charge in [-0.2, -0.15) is 0 Å². The Morgan fingerprint density at radius 3 is 2.89 bits per heavy atom. The molecule has 4 heteroatoms. The van der Waals surface area contributed by atoms with E-state index in [4.69, 9.17) is 9.84 Å². The number of aromatic nitrogens is 1. The summed E-state index contributed by atoms with van der Waals surface area (Å²) < 4.78 is 7.57. The molecule has 0 saturated carbocycles. The summed E-state index contributed by atoms with van der Waals surface area (Å²) in [6.45, 7) is 4.32. The molecule has 1 N–H and O–H groups in total. The maximum Gasteiger partial charge on any atom is 0.336 e. The Labute approximate surface area is 112 Å². The summed E-state index contributed by atoms with van der Waals surface area (Å²) in [6, 6.07) is 7.20. The molecule has 2 rings (SSSR count). The molecule has 1 aromatic carbocycles. The van der Waals surface area contributed by atoms with Crippen molar-refractivity contribution in [2.75, 3.05) is 13.2 Å². The number of nitrogens with zero attached hydrogens (tertiary/aromatic N) is 1. The lowest BCUT2D eigenvalue weighted by atomic mass is 10.1. The number of fused-ring (bicyclic) bond motifs is 1. The minimum absolute atomic E-state index is 0.350. The summed E-state index contributed by atoms with van der Waals surface area (Å²) in [6.07, 6.45) is 4.13. The highest BCUT2D eigenvalue weighted by atomic mass is 16.5. The van der Waals surface area contributed by atoms with Crippen molar-refractivity contribution in [1.29, 1.82) is 0 Å². The van der Waals surface area contributed by atoms with Gasteiger partial charge in [0.15, 0.2) is 0 Å². The van der Waals surface area contributed by atoms with E-state index in [9.17, 15) is 4.79 Å². The Morgan fingerprint density at radius 1 is 1.32 bits per heavy atom. The summed E-state index contributed by atoms with van der Waals surface area (Å²) in [5.41, 5.74) is 1.29. The van der Waals surface area contributed by atoms with Crippen molar-refractivity contribution in [2.24, 2.45) is 0 Å². The van der Waals surface area contributed by atoms with Gasteiger partial charge in [-0.15, -0.1) is 0 Å². The molecule has 4 nitrogen and oxygen atoms in total.